The summed E-state index contributed by atoms with van der Waals surface area (Å²) >= 11 is 0. The molecule has 0 fully saturated rings. The quantitative estimate of drug-likeness (QED) is 0.640. The molecule has 1 aromatic carbocycles. The number of carboxylic acids is 1. The molecule has 0 unspecified atom stereocenters. The Kier molecular flexibility index (Phi) is 3.75. The van der Waals surface area contributed by atoms with Gasteiger partial charge in [-0.2, -0.15) is 0 Å². The van der Waals surface area contributed by atoms with Crippen molar-refractivity contribution in [3.8, 4) is 0 Å². The average Bonchev–Trinajstić information content (AvgIpc) is 2.55. The molecule has 1 aromatic rings. The van der Waals surface area contributed by atoms with Crippen molar-refractivity contribution in [3.63, 3.8) is 0 Å². The number of aliphatic carboxylic acids is 1. The molecular weight excluding hydrogens is 246 g/mol. The van der Waals surface area contributed by atoms with Crippen molar-refractivity contribution in [1.82, 2.24) is 0 Å². The highest BCUT2D eigenvalue weighted by atomic mass is 16.4. The number of carboxylic acid groups (broad SMARTS) is 1. The van der Waals surface area contributed by atoms with Crippen molar-refractivity contribution < 1.29 is 19.5 Å². The molecule has 1 aliphatic heterocycles. The average molecular weight is 259 g/mol. The Morgan fingerprint density at radius 2 is 2.00 bits per heavy atom. The van der Waals surface area contributed by atoms with Gasteiger partial charge >= 0.3 is 5.97 Å². The van der Waals surface area contributed by atoms with Crippen LogP contribution in [0.25, 0.3) is 0 Å². The number of ketones is 1. The number of aryl methyl sites for hydroxylation is 1. The molecule has 19 heavy (non-hydrogen) atoms. The number of carbonyl (C=O) groups is 3. The largest absolute Gasteiger partial charge is 0.478 e. The zero-order valence-electron chi connectivity index (χ0n) is 10.2. The van der Waals surface area contributed by atoms with E-state index in [0.29, 0.717) is 12.0 Å². The molecule has 98 valence electrons. The Labute approximate surface area is 109 Å². The molecule has 5 nitrogen and oxygen atoms in total. The minimum Gasteiger partial charge on any atom is -0.478 e. The van der Waals surface area contributed by atoms with E-state index in [4.69, 9.17) is 5.11 Å². The number of allylic oxidation sites excluding steroid dienone is 1. The van der Waals surface area contributed by atoms with Crippen LogP contribution in [0.5, 0.6) is 0 Å². The lowest BCUT2D eigenvalue weighted by atomic mass is 10.0. The van der Waals surface area contributed by atoms with Gasteiger partial charge in [0.25, 0.3) is 0 Å². The summed E-state index contributed by atoms with van der Waals surface area (Å²) in [7, 11) is 0. The van der Waals surface area contributed by atoms with Gasteiger partial charge in [0.15, 0.2) is 5.78 Å². The van der Waals surface area contributed by atoms with Crippen molar-refractivity contribution in [2.24, 2.45) is 0 Å². The standard InChI is InChI=1S/C14H13NO4/c16-12(6-7-14(18)19)10-4-5-11-9(8-10)2-1-3-13(17)15-11/h4-8H,1-3H2,(H,15,17)(H,18,19). The predicted molar refractivity (Wildman–Crippen MR) is 69.1 cm³/mol. The van der Waals surface area contributed by atoms with Gasteiger partial charge in [-0.05, 0) is 42.7 Å². The molecule has 2 N–H and O–H groups in total. The van der Waals surface area contributed by atoms with Crippen LogP contribution in [-0.4, -0.2) is 22.8 Å². The third-order valence-corrected chi connectivity index (χ3v) is 2.89. The minimum absolute atomic E-state index is 0.0244. The van der Waals surface area contributed by atoms with Gasteiger partial charge in [0, 0.05) is 23.7 Å². The maximum Gasteiger partial charge on any atom is 0.328 e. The Morgan fingerprint density at radius 3 is 2.74 bits per heavy atom. The predicted octanol–water partition coefficient (Wildman–Crippen LogP) is 1.78. The van der Waals surface area contributed by atoms with Crippen molar-refractivity contribution >= 4 is 23.3 Å². The highest BCUT2D eigenvalue weighted by Crippen LogP contribution is 2.23. The normalized spacial score (nSPS) is 14.6. The van der Waals surface area contributed by atoms with Crippen LogP contribution in [0, 0.1) is 0 Å². The van der Waals surface area contributed by atoms with Crippen molar-refractivity contribution in [2.45, 2.75) is 19.3 Å². The number of benzene rings is 1. The lowest BCUT2D eigenvalue weighted by Gasteiger charge is -2.07. The third-order valence-electron chi connectivity index (χ3n) is 2.89. The highest BCUT2D eigenvalue weighted by Gasteiger charge is 2.14. The second kappa shape index (κ2) is 5.48. The first-order valence-corrected chi connectivity index (χ1v) is 5.94. The number of rotatable bonds is 3. The van der Waals surface area contributed by atoms with Crippen LogP contribution < -0.4 is 5.32 Å². The van der Waals surface area contributed by atoms with Gasteiger partial charge in [0.1, 0.15) is 0 Å². The molecule has 0 aromatic heterocycles. The lowest BCUT2D eigenvalue weighted by molar-refractivity contribution is -0.131. The van der Waals surface area contributed by atoms with Crippen LogP contribution in [0.1, 0.15) is 28.8 Å². The van der Waals surface area contributed by atoms with Gasteiger partial charge in [0.2, 0.25) is 5.91 Å². The molecule has 1 amide bonds. The molecule has 0 radical (unpaired) electrons. The molecule has 2 rings (SSSR count). The minimum atomic E-state index is -1.16. The number of hydrogen-bond acceptors (Lipinski definition) is 3. The third kappa shape index (κ3) is 3.28. The van der Waals surface area contributed by atoms with Gasteiger partial charge in [-0.3, -0.25) is 9.59 Å². The summed E-state index contributed by atoms with van der Waals surface area (Å²) in [6, 6.07) is 4.97. The molecule has 0 bridgehead atoms. The lowest BCUT2D eigenvalue weighted by Crippen LogP contribution is -2.09. The smallest absolute Gasteiger partial charge is 0.328 e. The van der Waals surface area contributed by atoms with Crippen molar-refractivity contribution in [1.29, 1.82) is 0 Å². The number of fused-ring (bicyclic) bond motifs is 1. The number of hydrogen-bond donors (Lipinski definition) is 2. The SMILES string of the molecule is O=C(O)C=CC(=O)c1ccc2c(c1)CCCC(=O)N2. The highest BCUT2D eigenvalue weighted by molar-refractivity contribution is 6.07. The first kappa shape index (κ1) is 13.0. The van der Waals surface area contributed by atoms with E-state index in [9.17, 15) is 14.4 Å². The fraction of sp³-hybridized carbons (Fsp3) is 0.214. The second-order valence-corrected chi connectivity index (χ2v) is 4.31. The molecular formula is C14H13NO4. The molecule has 0 aliphatic carbocycles. The van der Waals surface area contributed by atoms with Crippen LogP contribution >= 0.6 is 0 Å². The number of amides is 1. The number of carbonyl (C=O) groups excluding carboxylic acids is 2. The molecule has 0 atom stereocenters. The molecule has 0 saturated carbocycles. The van der Waals surface area contributed by atoms with E-state index in [1.54, 1.807) is 18.2 Å². The Balaban J connectivity index is 2.26. The first-order valence-electron chi connectivity index (χ1n) is 5.94. The summed E-state index contributed by atoms with van der Waals surface area (Å²) in [4.78, 5) is 33.5. The second-order valence-electron chi connectivity index (χ2n) is 4.31. The van der Waals surface area contributed by atoms with E-state index in [1.807, 2.05) is 0 Å². The summed E-state index contributed by atoms with van der Waals surface area (Å²) < 4.78 is 0. The van der Waals surface area contributed by atoms with E-state index in [-0.39, 0.29) is 11.7 Å². The van der Waals surface area contributed by atoms with Crippen LogP contribution in [0.3, 0.4) is 0 Å². The van der Waals surface area contributed by atoms with Gasteiger partial charge in [0.05, 0.1) is 0 Å². The summed E-state index contributed by atoms with van der Waals surface area (Å²) in [5, 5.41) is 11.3. The zero-order valence-corrected chi connectivity index (χ0v) is 10.2. The fourth-order valence-electron chi connectivity index (χ4n) is 1.97. The number of nitrogens with one attached hydrogen (secondary N) is 1. The van der Waals surface area contributed by atoms with E-state index >= 15 is 0 Å². The summed E-state index contributed by atoms with van der Waals surface area (Å²) in [6.45, 7) is 0. The zero-order chi connectivity index (χ0) is 13.8. The molecule has 0 saturated heterocycles. The molecule has 1 heterocycles. The van der Waals surface area contributed by atoms with Crippen LogP contribution in [-0.2, 0) is 16.0 Å². The van der Waals surface area contributed by atoms with Crippen LogP contribution in [0.2, 0.25) is 0 Å². The van der Waals surface area contributed by atoms with E-state index in [1.165, 1.54) is 0 Å². The topological polar surface area (TPSA) is 83.5 Å². The van der Waals surface area contributed by atoms with Crippen LogP contribution in [0.4, 0.5) is 5.69 Å². The summed E-state index contributed by atoms with van der Waals surface area (Å²) in [5.74, 6) is -1.54. The van der Waals surface area contributed by atoms with E-state index < -0.39 is 5.97 Å². The Bertz CT molecular complexity index is 575. The van der Waals surface area contributed by atoms with Gasteiger partial charge in [-0.15, -0.1) is 0 Å². The van der Waals surface area contributed by atoms with Gasteiger partial charge in [-0.25, -0.2) is 4.79 Å². The fourth-order valence-corrected chi connectivity index (χ4v) is 1.97. The number of anilines is 1. The van der Waals surface area contributed by atoms with Gasteiger partial charge in [-0.1, -0.05) is 0 Å². The molecule has 5 heteroatoms. The maximum atomic E-state index is 11.7. The molecule has 0 spiro atoms. The molecule has 1 aliphatic rings. The summed E-state index contributed by atoms with van der Waals surface area (Å²) in [5.41, 5.74) is 2.05. The maximum absolute atomic E-state index is 11.7. The summed E-state index contributed by atoms with van der Waals surface area (Å²) in [6.07, 6.45) is 3.77. The Hall–Kier alpha value is -2.43. The Morgan fingerprint density at radius 1 is 1.21 bits per heavy atom. The van der Waals surface area contributed by atoms with Gasteiger partial charge < -0.3 is 10.4 Å². The monoisotopic (exact) mass is 259 g/mol. The first-order chi connectivity index (χ1) is 9.06. The van der Waals surface area contributed by atoms with Crippen molar-refractivity contribution in [2.75, 3.05) is 5.32 Å². The van der Waals surface area contributed by atoms with E-state index in [0.717, 1.165) is 36.2 Å². The van der Waals surface area contributed by atoms with Crippen LogP contribution in [0.15, 0.2) is 30.4 Å². The van der Waals surface area contributed by atoms with Crippen molar-refractivity contribution in [3.05, 3.63) is 41.5 Å². The van der Waals surface area contributed by atoms with E-state index in [2.05, 4.69) is 5.32 Å².